The van der Waals surface area contributed by atoms with Gasteiger partial charge in [-0.05, 0) is 46.5 Å². The van der Waals surface area contributed by atoms with Crippen LogP contribution in [0.1, 0.15) is 61.8 Å². The Morgan fingerprint density at radius 1 is 1.00 bits per heavy atom. The summed E-state index contributed by atoms with van der Waals surface area (Å²) in [4.78, 5) is 11.6. The van der Waals surface area contributed by atoms with Crippen LogP contribution in [0.25, 0.3) is 0 Å². The van der Waals surface area contributed by atoms with Gasteiger partial charge in [0.05, 0.1) is 0 Å². The lowest BCUT2D eigenvalue weighted by Crippen LogP contribution is -2.47. The second-order valence-corrected chi connectivity index (χ2v) is 7.25. The number of rotatable bonds is 2. The lowest BCUT2D eigenvalue weighted by atomic mass is 9.82. The second-order valence-electron chi connectivity index (χ2n) is 7.25. The van der Waals surface area contributed by atoms with Crippen molar-refractivity contribution < 1.29 is 9.53 Å². The molecule has 0 radical (unpaired) electrons. The average molecular weight is 229 g/mol. The first-order valence-electron chi connectivity index (χ1n) is 5.82. The predicted molar refractivity (Wildman–Crippen MR) is 67.5 cm³/mol. The number of nitrogens with one attached hydrogen (secondary N) is 1. The van der Waals surface area contributed by atoms with Crippen molar-refractivity contribution in [2.24, 2.45) is 5.41 Å². The highest BCUT2D eigenvalue weighted by Crippen LogP contribution is 2.27. The molecule has 0 aliphatic rings. The zero-order valence-corrected chi connectivity index (χ0v) is 12.0. The van der Waals surface area contributed by atoms with Gasteiger partial charge in [0.2, 0.25) is 0 Å². The Labute approximate surface area is 99.9 Å². The first-order chi connectivity index (χ1) is 6.81. The maximum atomic E-state index is 11.6. The number of hydrogen-bond donors (Lipinski definition) is 1. The van der Waals surface area contributed by atoms with Crippen molar-refractivity contribution in [2.75, 3.05) is 0 Å². The molecule has 96 valence electrons. The monoisotopic (exact) mass is 229 g/mol. The van der Waals surface area contributed by atoms with E-state index in [1.54, 1.807) is 0 Å². The smallest absolute Gasteiger partial charge is 0.408 e. The summed E-state index contributed by atoms with van der Waals surface area (Å²) < 4.78 is 5.24. The molecule has 0 heterocycles. The Morgan fingerprint density at radius 3 is 1.75 bits per heavy atom. The van der Waals surface area contributed by atoms with Crippen molar-refractivity contribution in [3.05, 3.63) is 0 Å². The predicted octanol–water partition coefficient (Wildman–Crippen LogP) is 3.73. The van der Waals surface area contributed by atoms with Gasteiger partial charge in [-0.3, -0.25) is 0 Å². The third-order valence-corrected chi connectivity index (χ3v) is 1.81. The Bertz CT molecular complexity index is 244. The van der Waals surface area contributed by atoms with Crippen LogP contribution in [0, 0.1) is 5.41 Å². The van der Waals surface area contributed by atoms with Crippen LogP contribution in [-0.4, -0.2) is 17.2 Å². The van der Waals surface area contributed by atoms with E-state index in [9.17, 15) is 4.79 Å². The van der Waals surface area contributed by atoms with E-state index in [4.69, 9.17) is 4.74 Å². The van der Waals surface area contributed by atoms with E-state index in [2.05, 4.69) is 26.1 Å². The van der Waals surface area contributed by atoms with E-state index in [1.807, 2.05) is 34.6 Å². The van der Waals surface area contributed by atoms with Gasteiger partial charge in [-0.25, -0.2) is 4.79 Å². The molecule has 16 heavy (non-hydrogen) atoms. The topological polar surface area (TPSA) is 38.3 Å². The van der Waals surface area contributed by atoms with Gasteiger partial charge >= 0.3 is 6.09 Å². The van der Waals surface area contributed by atoms with Crippen molar-refractivity contribution in [2.45, 2.75) is 73.0 Å². The summed E-state index contributed by atoms with van der Waals surface area (Å²) in [7, 11) is 0. The highest BCUT2D eigenvalue weighted by Gasteiger charge is 2.28. The van der Waals surface area contributed by atoms with Crippen LogP contribution < -0.4 is 5.32 Å². The molecular formula is C13H27NO2. The van der Waals surface area contributed by atoms with Gasteiger partial charge in [-0.1, -0.05) is 20.8 Å². The molecule has 0 fully saturated rings. The minimum Gasteiger partial charge on any atom is -0.444 e. The van der Waals surface area contributed by atoms with E-state index in [1.165, 1.54) is 0 Å². The number of carbonyl (C=O) groups excluding carboxylic acids is 1. The SMILES string of the molecule is CC(C)(C)CC(C)(C)NC(=O)OC(C)(C)C. The van der Waals surface area contributed by atoms with Gasteiger partial charge in [0, 0.05) is 5.54 Å². The van der Waals surface area contributed by atoms with Crippen LogP contribution in [0.15, 0.2) is 0 Å². The van der Waals surface area contributed by atoms with Crippen molar-refractivity contribution in [1.82, 2.24) is 5.32 Å². The van der Waals surface area contributed by atoms with E-state index in [0.29, 0.717) is 0 Å². The molecule has 0 bridgehead atoms. The maximum absolute atomic E-state index is 11.6. The normalized spacial score (nSPS) is 13.5. The summed E-state index contributed by atoms with van der Waals surface area (Å²) in [5.41, 5.74) is -0.513. The van der Waals surface area contributed by atoms with Crippen LogP contribution in [0.5, 0.6) is 0 Å². The van der Waals surface area contributed by atoms with E-state index in [0.717, 1.165) is 6.42 Å². The largest absolute Gasteiger partial charge is 0.444 e. The van der Waals surface area contributed by atoms with Crippen molar-refractivity contribution in [1.29, 1.82) is 0 Å². The van der Waals surface area contributed by atoms with Crippen molar-refractivity contribution in [3.63, 3.8) is 0 Å². The zero-order valence-electron chi connectivity index (χ0n) is 12.0. The highest BCUT2D eigenvalue weighted by atomic mass is 16.6. The van der Waals surface area contributed by atoms with Crippen LogP contribution in [0.2, 0.25) is 0 Å². The molecule has 0 saturated heterocycles. The molecule has 3 nitrogen and oxygen atoms in total. The summed E-state index contributed by atoms with van der Waals surface area (Å²) in [6.45, 7) is 16.1. The molecule has 0 aliphatic carbocycles. The molecule has 0 aromatic rings. The fourth-order valence-corrected chi connectivity index (χ4v) is 1.95. The minimum atomic E-state index is -0.443. The minimum absolute atomic E-state index is 0.179. The lowest BCUT2D eigenvalue weighted by molar-refractivity contribution is 0.0450. The van der Waals surface area contributed by atoms with E-state index >= 15 is 0 Å². The third-order valence-electron chi connectivity index (χ3n) is 1.81. The van der Waals surface area contributed by atoms with Gasteiger partial charge in [0.25, 0.3) is 0 Å². The Balaban J connectivity index is 4.32. The summed E-state index contributed by atoms with van der Waals surface area (Å²) in [6.07, 6.45) is 0.556. The van der Waals surface area contributed by atoms with Crippen molar-refractivity contribution >= 4 is 6.09 Å². The van der Waals surface area contributed by atoms with Crippen LogP contribution in [0.4, 0.5) is 4.79 Å². The standard InChI is InChI=1S/C13H27NO2/c1-11(2,3)9-13(7,8)14-10(15)16-12(4,5)6/h9H2,1-8H3,(H,14,15). The summed E-state index contributed by atoms with van der Waals surface area (Å²) in [6, 6.07) is 0. The Kier molecular flexibility index (Phi) is 4.43. The number of ether oxygens (including phenoxy) is 1. The van der Waals surface area contributed by atoms with E-state index in [-0.39, 0.29) is 17.0 Å². The van der Waals surface area contributed by atoms with E-state index < -0.39 is 5.60 Å². The molecule has 0 aliphatic heterocycles. The molecule has 0 saturated carbocycles. The second kappa shape index (κ2) is 4.64. The summed E-state index contributed by atoms with van der Waals surface area (Å²) >= 11 is 0. The molecular weight excluding hydrogens is 202 g/mol. The Hall–Kier alpha value is -0.730. The van der Waals surface area contributed by atoms with Crippen LogP contribution in [-0.2, 0) is 4.74 Å². The molecule has 1 N–H and O–H groups in total. The van der Waals surface area contributed by atoms with Crippen LogP contribution >= 0.6 is 0 Å². The molecule has 0 atom stereocenters. The van der Waals surface area contributed by atoms with Gasteiger partial charge in [0.1, 0.15) is 5.60 Å². The summed E-state index contributed by atoms with van der Waals surface area (Å²) in [5.74, 6) is 0. The first kappa shape index (κ1) is 15.3. The highest BCUT2D eigenvalue weighted by molar-refractivity contribution is 5.68. The van der Waals surface area contributed by atoms with Gasteiger partial charge in [-0.2, -0.15) is 0 Å². The molecule has 0 aromatic carbocycles. The zero-order chi connectivity index (χ0) is 13.2. The lowest BCUT2D eigenvalue weighted by Gasteiger charge is -2.34. The maximum Gasteiger partial charge on any atom is 0.408 e. The molecule has 0 unspecified atom stereocenters. The number of alkyl carbamates (subject to hydrolysis) is 1. The molecule has 0 rings (SSSR count). The fourth-order valence-electron chi connectivity index (χ4n) is 1.95. The molecule has 0 aromatic heterocycles. The van der Waals surface area contributed by atoms with Gasteiger partial charge < -0.3 is 10.1 Å². The third kappa shape index (κ3) is 8.57. The molecule has 0 spiro atoms. The van der Waals surface area contributed by atoms with Gasteiger partial charge in [-0.15, -0.1) is 0 Å². The molecule has 1 amide bonds. The number of amides is 1. The molecule has 3 heteroatoms. The number of carbonyl (C=O) groups is 1. The average Bonchev–Trinajstić information content (AvgIpc) is 1.70. The summed E-state index contributed by atoms with van der Waals surface area (Å²) in [5, 5.41) is 2.91. The quantitative estimate of drug-likeness (QED) is 0.783. The van der Waals surface area contributed by atoms with Crippen LogP contribution in [0.3, 0.4) is 0 Å². The fraction of sp³-hybridized carbons (Fsp3) is 0.923. The van der Waals surface area contributed by atoms with Crippen molar-refractivity contribution in [3.8, 4) is 0 Å². The Morgan fingerprint density at radius 2 is 1.44 bits per heavy atom. The first-order valence-corrected chi connectivity index (χ1v) is 5.82. The van der Waals surface area contributed by atoms with Gasteiger partial charge in [0.15, 0.2) is 0 Å². The number of hydrogen-bond acceptors (Lipinski definition) is 2.